The lowest BCUT2D eigenvalue weighted by Crippen LogP contribution is -2.22. The maximum Gasteiger partial charge on any atom is 0.154 e. The van der Waals surface area contributed by atoms with E-state index in [0.717, 1.165) is 23.2 Å². The molecule has 0 aliphatic heterocycles. The van der Waals surface area contributed by atoms with Crippen molar-refractivity contribution in [2.24, 2.45) is 15.6 Å². The fraction of sp³-hybridized carbons (Fsp3) is 0.455. The highest BCUT2D eigenvalue weighted by molar-refractivity contribution is 7.90. The van der Waals surface area contributed by atoms with Crippen LogP contribution in [0.4, 0.5) is 5.69 Å². The Morgan fingerprint density at radius 1 is 0.815 bits per heavy atom. The quantitative estimate of drug-likeness (QED) is 0.569. The first-order chi connectivity index (χ1) is 12.4. The summed E-state index contributed by atoms with van der Waals surface area (Å²) in [6.45, 7) is 9.92. The van der Waals surface area contributed by atoms with Gasteiger partial charge in [-0.1, -0.05) is 63.2 Å². The zero-order chi connectivity index (χ0) is 20.1. The molecule has 27 heavy (non-hydrogen) atoms. The van der Waals surface area contributed by atoms with Gasteiger partial charge in [-0.2, -0.15) is 10.2 Å². The lowest BCUT2D eigenvalue weighted by atomic mass is 9.95. The van der Waals surface area contributed by atoms with Crippen LogP contribution in [0.5, 0.6) is 0 Å². The molecule has 4 nitrogen and oxygen atoms in total. The van der Waals surface area contributed by atoms with Crippen LogP contribution in [0, 0.1) is 5.41 Å². The van der Waals surface area contributed by atoms with Crippen molar-refractivity contribution < 1.29 is 8.42 Å². The third kappa shape index (κ3) is 8.04. The second-order valence-electron chi connectivity index (χ2n) is 8.93. The molecule has 146 valence electrons. The van der Waals surface area contributed by atoms with E-state index in [1.165, 1.54) is 0 Å². The summed E-state index contributed by atoms with van der Waals surface area (Å²) >= 11 is 0. The SMILES string of the molecule is CC(C)(C)CS(=O)(=O)Cc1ccc(CC(C)(C)/N=N/c2ccccc2)cc1. The number of hydrogen-bond acceptors (Lipinski definition) is 4. The van der Waals surface area contributed by atoms with Gasteiger partial charge in [-0.15, -0.1) is 0 Å². The number of rotatable bonds is 7. The summed E-state index contributed by atoms with van der Waals surface area (Å²) in [5.41, 5.74) is 2.21. The second-order valence-corrected chi connectivity index (χ2v) is 11.0. The minimum Gasteiger partial charge on any atom is -0.228 e. The van der Waals surface area contributed by atoms with E-state index >= 15 is 0 Å². The fourth-order valence-electron chi connectivity index (χ4n) is 2.94. The lowest BCUT2D eigenvalue weighted by Gasteiger charge is -2.19. The maximum atomic E-state index is 12.3. The zero-order valence-corrected chi connectivity index (χ0v) is 17.8. The number of azo groups is 1. The van der Waals surface area contributed by atoms with E-state index in [9.17, 15) is 8.42 Å². The van der Waals surface area contributed by atoms with E-state index in [1.54, 1.807) is 0 Å². The third-order valence-corrected chi connectivity index (χ3v) is 5.97. The van der Waals surface area contributed by atoms with Gasteiger partial charge in [0.05, 0.1) is 22.7 Å². The van der Waals surface area contributed by atoms with E-state index in [1.807, 2.05) is 89.2 Å². The standard InChI is InChI=1S/C22H30N2O2S/c1-21(2,3)17-27(25,26)16-19-13-11-18(12-14-19)15-22(4,5)24-23-20-9-7-6-8-10-20/h6-14H,15-17H2,1-5H3/b24-23+. The van der Waals surface area contributed by atoms with Gasteiger partial charge >= 0.3 is 0 Å². The molecule has 0 aliphatic carbocycles. The van der Waals surface area contributed by atoms with Crippen molar-refractivity contribution in [1.29, 1.82) is 0 Å². The number of sulfone groups is 1. The molecule has 2 aromatic rings. The number of hydrogen-bond donors (Lipinski definition) is 0. The van der Waals surface area contributed by atoms with Crippen LogP contribution < -0.4 is 0 Å². The highest BCUT2D eigenvalue weighted by atomic mass is 32.2. The summed E-state index contributed by atoms with van der Waals surface area (Å²) in [6, 6.07) is 17.5. The average Bonchev–Trinajstić information content (AvgIpc) is 2.53. The van der Waals surface area contributed by atoms with Crippen molar-refractivity contribution in [3.63, 3.8) is 0 Å². The molecule has 5 heteroatoms. The average molecular weight is 387 g/mol. The van der Waals surface area contributed by atoms with E-state index in [0.29, 0.717) is 0 Å². The number of benzene rings is 2. The molecule has 0 atom stereocenters. The molecule has 0 saturated carbocycles. The smallest absolute Gasteiger partial charge is 0.154 e. The van der Waals surface area contributed by atoms with E-state index < -0.39 is 9.84 Å². The minimum absolute atomic E-state index is 0.0850. The van der Waals surface area contributed by atoms with Gasteiger partial charge in [0.25, 0.3) is 0 Å². The van der Waals surface area contributed by atoms with Crippen LogP contribution in [0.2, 0.25) is 0 Å². The Morgan fingerprint density at radius 2 is 1.37 bits per heavy atom. The highest BCUT2D eigenvalue weighted by Gasteiger charge is 2.22. The predicted molar refractivity (Wildman–Crippen MR) is 112 cm³/mol. The molecule has 0 heterocycles. The van der Waals surface area contributed by atoms with Crippen LogP contribution in [0.3, 0.4) is 0 Å². The third-order valence-electron chi connectivity index (χ3n) is 3.89. The van der Waals surface area contributed by atoms with E-state index in [4.69, 9.17) is 0 Å². The first kappa shape index (κ1) is 21.3. The Hall–Kier alpha value is -2.01. The van der Waals surface area contributed by atoms with Crippen molar-refractivity contribution in [3.8, 4) is 0 Å². The summed E-state index contributed by atoms with van der Waals surface area (Å²) in [5, 5.41) is 8.79. The summed E-state index contributed by atoms with van der Waals surface area (Å²) < 4.78 is 24.6. The zero-order valence-electron chi connectivity index (χ0n) is 16.9. The van der Waals surface area contributed by atoms with Gasteiger partial charge in [-0.25, -0.2) is 8.42 Å². The topological polar surface area (TPSA) is 58.9 Å². The number of nitrogens with zero attached hydrogens (tertiary/aromatic N) is 2. The monoisotopic (exact) mass is 386 g/mol. The molecule has 0 fully saturated rings. The molecule has 0 aliphatic rings. The molecular weight excluding hydrogens is 356 g/mol. The predicted octanol–water partition coefficient (Wildman–Crippen LogP) is 5.75. The lowest BCUT2D eigenvalue weighted by molar-refractivity contribution is 0.461. The Labute approximate surface area is 163 Å². The largest absolute Gasteiger partial charge is 0.228 e. The summed E-state index contributed by atoms with van der Waals surface area (Å²) in [7, 11) is -3.11. The van der Waals surface area contributed by atoms with Crippen molar-refractivity contribution in [1.82, 2.24) is 0 Å². The van der Waals surface area contributed by atoms with Gasteiger partial charge in [-0.05, 0) is 48.9 Å². The molecule has 0 aromatic heterocycles. The van der Waals surface area contributed by atoms with Gasteiger partial charge in [0.2, 0.25) is 0 Å². The Balaban J connectivity index is 2.01. The van der Waals surface area contributed by atoms with Gasteiger partial charge < -0.3 is 0 Å². The molecule has 2 rings (SSSR count). The Bertz CT molecular complexity index is 863. The molecule has 0 bridgehead atoms. The van der Waals surface area contributed by atoms with Gasteiger partial charge in [-0.3, -0.25) is 0 Å². The maximum absolute atomic E-state index is 12.3. The molecule has 0 spiro atoms. The molecule has 2 aromatic carbocycles. The van der Waals surface area contributed by atoms with Crippen molar-refractivity contribution in [2.75, 3.05) is 5.75 Å². The molecule has 0 saturated heterocycles. The summed E-state index contributed by atoms with van der Waals surface area (Å²) in [5.74, 6) is 0.274. The first-order valence-corrected chi connectivity index (χ1v) is 11.0. The second kappa shape index (κ2) is 8.34. The van der Waals surface area contributed by atoms with Gasteiger partial charge in [0, 0.05) is 0 Å². The van der Waals surface area contributed by atoms with Crippen molar-refractivity contribution in [2.45, 2.75) is 52.3 Å². The van der Waals surface area contributed by atoms with E-state index in [-0.39, 0.29) is 22.5 Å². The molecule has 0 amide bonds. The minimum atomic E-state index is -3.11. The van der Waals surface area contributed by atoms with Crippen LogP contribution in [0.1, 0.15) is 45.7 Å². The summed E-state index contributed by atoms with van der Waals surface area (Å²) in [6.07, 6.45) is 0.734. The van der Waals surface area contributed by atoms with Crippen LogP contribution in [0.25, 0.3) is 0 Å². The van der Waals surface area contributed by atoms with Crippen molar-refractivity contribution in [3.05, 3.63) is 65.7 Å². The first-order valence-electron chi connectivity index (χ1n) is 9.20. The van der Waals surface area contributed by atoms with Crippen LogP contribution in [-0.2, 0) is 22.0 Å². The van der Waals surface area contributed by atoms with E-state index in [2.05, 4.69) is 10.2 Å². The van der Waals surface area contributed by atoms with Gasteiger partial charge in [0.15, 0.2) is 9.84 Å². The normalized spacial score (nSPS) is 13.2. The Kier molecular flexibility index (Phi) is 6.58. The van der Waals surface area contributed by atoms with Crippen molar-refractivity contribution >= 4 is 15.5 Å². The van der Waals surface area contributed by atoms with Gasteiger partial charge in [0.1, 0.15) is 0 Å². The highest BCUT2D eigenvalue weighted by Crippen LogP contribution is 2.22. The molecule has 0 unspecified atom stereocenters. The van der Waals surface area contributed by atoms with Crippen LogP contribution in [0.15, 0.2) is 64.8 Å². The van der Waals surface area contributed by atoms with Crippen LogP contribution >= 0.6 is 0 Å². The molecule has 0 radical (unpaired) electrons. The fourth-order valence-corrected chi connectivity index (χ4v) is 5.06. The molecule has 0 N–H and O–H groups in total. The molecular formula is C22H30N2O2S. The van der Waals surface area contributed by atoms with Crippen LogP contribution in [-0.4, -0.2) is 19.7 Å². The Morgan fingerprint density at radius 3 is 1.93 bits per heavy atom. The summed E-state index contributed by atoms with van der Waals surface area (Å²) in [4.78, 5) is 0.